The van der Waals surface area contributed by atoms with Crippen LogP contribution in [0, 0.1) is 5.82 Å². The van der Waals surface area contributed by atoms with Gasteiger partial charge in [-0.15, -0.1) is 0 Å². The number of hydrogen-bond acceptors (Lipinski definition) is 5. The molecule has 43 heavy (non-hydrogen) atoms. The van der Waals surface area contributed by atoms with Gasteiger partial charge in [-0.25, -0.2) is 4.39 Å². The number of nitrogens with one attached hydrogen (secondary N) is 1. The fourth-order valence-corrected chi connectivity index (χ4v) is 5.19. The molecule has 228 valence electrons. The second-order valence-electron chi connectivity index (χ2n) is 10.4. The number of quaternary nitrogens is 1. The molecule has 0 saturated carbocycles. The molecule has 4 rings (SSSR count). The zero-order valence-corrected chi connectivity index (χ0v) is 24.8. The SMILES string of the molecule is CC(C)c1c(C(=O)Nc2ccccc2)c(-c2ccccc2)c(-c2ccc(F)cc2)n1CC[C@@H](O)C[C@@H](O)CC(=O)[O-].C[NH3+]. The number of aliphatic hydroxyl groups is 2. The lowest BCUT2D eigenvalue weighted by atomic mass is 9.94. The fourth-order valence-electron chi connectivity index (χ4n) is 5.19. The molecule has 0 aliphatic carbocycles. The molecule has 1 heterocycles. The van der Waals surface area contributed by atoms with Crippen LogP contribution in [0.4, 0.5) is 10.1 Å². The first-order valence-corrected chi connectivity index (χ1v) is 14.4. The van der Waals surface area contributed by atoms with E-state index >= 15 is 0 Å². The molecule has 0 aliphatic heterocycles. The number of carbonyl (C=O) groups is 2. The smallest absolute Gasteiger partial charge is 0.258 e. The minimum absolute atomic E-state index is 0.121. The number of hydrogen-bond donors (Lipinski definition) is 4. The molecule has 9 heteroatoms. The molecule has 0 radical (unpaired) electrons. The zero-order chi connectivity index (χ0) is 31.5. The number of carboxylic acids is 1. The quantitative estimate of drug-likeness (QED) is 0.199. The van der Waals surface area contributed by atoms with Crippen LogP contribution in [0.3, 0.4) is 0 Å². The second kappa shape index (κ2) is 15.8. The summed E-state index contributed by atoms with van der Waals surface area (Å²) < 4.78 is 16.0. The molecule has 4 aromatic rings. The summed E-state index contributed by atoms with van der Waals surface area (Å²) in [7, 11) is 1.75. The maximum Gasteiger partial charge on any atom is 0.258 e. The van der Waals surface area contributed by atoms with E-state index in [2.05, 4.69) is 11.1 Å². The summed E-state index contributed by atoms with van der Waals surface area (Å²) in [5.74, 6) is -2.20. The number of benzene rings is 3. The highest BCUT2D eigenvalue weighted by atomic mass is 19.1. The van der Waals surface area contributed by atoms with Crippen molar-refractivity contribution < 1.29 is 35.0 Å². The van der Waals surface area contributed by atoms with Crippen LogP contribution in [-0.4, -0.2) is 45.9 Å². The van der Waals surface area contributed by atoms with Gasteiger partial charge in [-0.1, -0.05) is 62.4 Å². The lowest BCUT2D eigenvalue weighted by Gasteiger charge is -2.20. The summed E-state index contributed by atoms with van der Waals surface area (Å²) >= 11 is 0. The minimum Gasteiger partial charge on any atom is -0.550 e. The van der Waals surface area contributed by atoms with Gasteiger partial charge in [0.1, 0.15) is 5.82 Å². The Morgan fingerprint density at radius 2 is 1.47 bits per heavy atom. The predicted octanol–water partition coefficient (Wildman–Crippen LogP) is 3.84. The Morgan fingerprint density at radius 1 is 0.884 bits per heavy atom. The summed E-state index contributed by atoms with van der Waals surface area (Å²) in [6.45, 7) is 4.22. The highest BCUT2D eigenvalue weighted by Crippen LogP contribution is 2.42. The van der Waals surface area contributed by atoms with Gasteiger partial charge >= 0.3 is 0 Å². The third kappa shape index (κ3) is 8.61. The molecule has 1 amide bonds. The molecular weight excluding hydrogens is 549 g/mol. The van der Waals surface area contributed by atoms with Gasteiger partial charge in [0.25, 0.3) is 5.91 Å². The van der Waals surface area contributed by atoms with E-state index in [4.69, 9.17) is 0 Å². The van der Waals surface area contributed by atoms with Crippen molar-refractivity contribution in [3.8, 4) is 22.4 Å². The number of amides is 1. The summed E-state index contributed by atoms with van der Waals surface area (Å²) in [6, 6.07) is 24.7. The Kier molecular flexibility index (Phi) is 12.2. The van der Waals surface area contributed by atoms with Crippen molar-refractivity contribution in [3.63, 3.8) is 0 Å². The summed E-state index contributed by atoms with van der Waals surface area (Å²) in [5.41, 5.74) is 7.97. The molecule has 0 spiro atoms. The number of para-hydroxylation sites is 1. The van der Waals surface area contributed by atoms with Crippen LogP contribution in [0.2, 0.25) is 0 Å². The van der Waals surface area contributed by atoms with Gasteiger partial charge in [0.15, 0.2) is 0 Å². The highest BCUT2D eigenvalue weighted by Gasteiger charge is 2.30. The number of halogens is 1. The van der Waals surface area contributed by atoms with Gasteiger partial charge in [-0.05, 0) is 66.3 Å². The average Bonchev–Trinajstić information content (AvgIpc) is 3.33. The lowest BCUT2D eigenvalue weighted by Crippen LogP contribution is -2.40. The third-order valence-corrected chi connectivity index (χ3v) is 6.92. The summed E-state index contributed by atoms with van der Waals surface area (Å²) in [6.07, 6.45) is -2.77. The molecule has 0 fully saturated rings. The molecule has 6 N–H and O–H groups in total. The zero-order valence-electron chi connectivity index (χ0n) is 24.8. The van der Waals surface area contributed by atoms with E-state index in [9.17, 15) is 29.3 Å². The maximum atomic E-state index is 14.0. The van der Waals surface area contributed by atoms with Gasteiger partial charge < -0.3 is 35.7 Å². The second-order valence-corrected chi connectivity index (χ2v) is 10.4. The number of anilines is 1. The Morgan fingerprint density at radius 3 is 2.02 bits per heavy atom. The van der Waals surface area contributed by atoms with Crippen molar-refractivity contribution in [1.82, 2.24) is 4.57 Å². The van der Waals surface area contributed by atoms with E-state index in [-0.39, 0.29) is 31.2 Å². The topological polar surface area (TPSA) is 142 Å². The first-order valence-electron chi connectivity index (χ1n) is 14.4. The molecule has 0 aliphatic rings. The third-order valence-electron chi connectivity index (χ3n) is 6.92. The number of rotatable bonds is 12. The van der Waals surface area contributed by atoms with E-state index in [0.717, 1.165) is 11.3 Å². The fraction of sp³-hybridized carbons (Fsp3) is 0.294. The van der Waals surface area contributed by atoms with Gasteiger partial charge in [-0.2, -0.15) is 0 Å². The highest BCUT2D eigenvalue weighted by molar-refractivity contribution is 6.12. The van der Waals surface area contributed by atoms with Crippen molar-refractivity contribution in [3.05, 3.63) is 102 Å². The Hall–Kier alpha value is -4.31. The van der Waals surface area contributed by atoms with Gasteiger partial charge in [-0.3, -0.25) is 4.79 Å². The number of nitrogens with zero attached hydrogens (tertiary/aromatic N) is 1. The van der Waals surface area contributed by atoms with E-state index in [1.807, 2.05) is 66.9 Å². The number of aliphatic carboxylic acids is 1. The summed E-state index contributed by atoms with van der Waals surface area (Å²) in [4.78, 5) is 24.9. The first-order chi connectivity index (χ1) is 20.7. The van der Waals surface area contributed by atoms with Crippen LogP contribution in [0.15, 0.2) is 84.9 Å². The molecule has 0 bridgehead atoms. The Balaban J connectivity index is 0.00000248. The molecule has 8 nitrogen and oxygen atoms in total. The number of carboxylic acid groups (broad SMARTS) is 1. The van der Waals surface area contributed by atoms with E-state index in [1.54, 1.807) is 31.3 Å². The van der Waals surface area contributed by atoms with Crippen LogP contribution in [0.25, 0.3) is 22.4 Å². The molecule has 3 aromatic carbocycles. The van der Waals surface area contributed by atoms with E-state index in [1.165, 1.54) is 12.1 Å². The predicted molar refractivity (Wildman–Crippen MR) is 163 cm³/mol. The van der Waals surface area contributed by atoms with E-state index < -0.39 is 30.4 Å². The largest absolute Gasteiger partial charge is 0.550 e. The molecule has 2 atom stereocenters. The van der Waals surface area contributed by atoms with Crippen LogP contribution >= 0.6 is 0 Å². The van der Waals surface area contributed by atoms with Crippen molar-refractivity contribution >= 4 is 17.6 Å². The van der Waals surface area contributed by atoms with Crippen LogP contribution in [0.5, 0.6) is 0 Å². The standard InChI is InChI=1S/C33H35FN2O5.CH5N/c1-21(2)31-30(33(41)35-25-11-7-4-8-12-25)29(22-9-5-3-6-10-22)32(23-13-15-24(34)16-14-23)36(31)18-17-26(37)19-27(38)20-28(39)40;1-2/h3-16,21,26-27,37-38H,17-20H2,1-2H3,(H,35,41)(H,39,40);2H2,1H3/t26-,27-;/m1./s1. The Bertz CT molecular complexity index is 1470. The Labute approximate surface area is 251 Å². The van der Waals surface area contributed by atoms with Crippen LogP contribution in [-0.2, 0) is 11.3 Å². The molecular formula is C34H40FN3O5. The first kappa shape index (κ1) is 33.2. The van der Waals surface area contributed by atoms with Gasteiger partial charge in [0.05, 0.1) is 30.5 Å². The van der Waals surface area contributed by atoms with E-state index in [0.29, 0.717) is 28.1 Å². The van der Waals surface area contributed by atoms with Crippen molar-refractivity contribution in [1.29, 1.82) is 0 Å². The number of carbonyl (C=O) groups excluding carboxylic acids is 2. The van der Waals surface area contributed by atoms with Crippen molar-refractivity contribution in [2.24, 2.45) is 0 Å². The maximum absolute atomic E-state index is 14.0. The molecule has 0 saturated heterocycles. The normalized spacial score (nSPS) is 12.3. The number of aromatic nitrogens is 1. The minimum atomic E-state index is -1.39. The molecule has 0 unspecified atom stereocenters. The average molecular weight is 590 g/mol. The summed E-state index contributed by atoms with van der Waals surface area (Å²) in [5, 5.41) is 34.6. The van der Waals surface area contributed by atoms with Crippen LogP contribution < -0.4 is 16.2 Å². The molecule has 1 aromatic heterocycles. The monoisotopic (exact) mass is 589 g/mol. The lowest BCUT2D eigenvalue weighted by molar-refractivity contribution is -0.325. The van der Waals surface area contributed by atoms with Gasteiger partial charge in [0, 0.05) is 35.9 Å². The van der Waals surface area contributed by atoms with Crippen LogP contribution in [0.1, 0.15) is 55.1 Å². The number of aliphatic hydroxyl groups excluding tert-OH is 2. The van der Waals surface area contributed by atoms with Gasteiger partial charge in [0.2, 0.25) is 0 Å². The van der Waals surface area contributed by atoms with Crippen molar-refractivity contribution in [2.45, 2.75) is 57.8 Å². The van der Waals surface area contributed by atoms with Crippen molar-refractivity contribution in [2.75, 3.05) is 12.4 Å².